The van der Waals surface area contributed by atoms with E-state index in [2.05, 4.69) is 24.9 Å². The second-order valence-corrected chi connectivity index (χ2v) is 8.34. The maximum atomic E-state index is 11.4. The molecule has 4 heterocycles. The molecule has 0 radical (unpaired) electrons. The van der Waals surface area contributed by atoms with Gasteiger partial charge < -0.3 is 9.30 Å². The summed E-state index contributed by atoms with van der Waals surface area (Å²) in [6.07, 6.45) is 2.36. The Morgan fingerprint density at radius 2 is 1.86 bits per heavy atom. The van der Waals surface area contributed by atoms with Crippen LogP contribution in [0.25, 0.3) is 22.1 Å². The molecule has 0 saturated heterocycles. The molecule has 0 aliphatic carbocycles. The predicted molar refractivity (Wildman–Crippen MR) is 106 cm³/mol. The number of nitrogens with zero attached hydrogens (tertiary/aromatic N) is 6. The van der Waals surface area contributed by atoms with Gasteiger partial charge in [-0.15, -0.1) is 0 Å². The van der Waals surface area contributed by atoms with Crippen molar-refractivity contribution in [2.75, 3.05) is 7.11 Å². The fraction of sp³-hybridized carbons (Fsp3) is 0.235. The van der Waals surface area contributed by atoms with Crippen LogP contribution in [0.4, 0.5) is 0 Å². The molecule has 4 rings (SSSR count). The molecule has 0 unspecified atom stereocenters. The number of hydrogen-bond acceptors (Lipinski definition) is 8. The molecule has 0 amide bonds. The summed E-state index contributed by atoms with van der Waals surface area (Å²) in [6.45, 7) is 3.96. The van der Waals surface area contributed by atoms with E-state index in [0.29, 0.717) is 38.9 Å². The van der Waals surface area contributed by atoms with Gasteiger partial charge in [-0.1, -0.05) is 11.6 Å². The number of methoxy groups -OCH3 is 1. The Kier molecular flexibility index (Phi) is 4.60. The molecule has 0 atom stereocenters. The van der Waals surface area contributed by atoms with Crippen LogP contribution in [0.2, 0.25) is 5.02 Å². The molecular weight excluding hydrogens is 418 g/mol. The second-order valence-electron chi connectivity index (χ2n) is 6.37. The number of fused-ring (bicyclic) bond motifs is 3. The number of halogens is 1. The van der Waals surface area contributed by atoms with Crippen molar-refractivity contribution in [3.8, 4) is 5.88 Å². The van der Waals surface area contributed by atoms with Crippen molar-refractivity contribution in [3.05, 3.63) is 40.8 Å². The molecule has 0 aliphatic heterocycles. The second kappa shape index (κ2) is 6.87. The number of imidazole rings is 1. The van der Waals surface area contributed by atoms with Crippen LogP contribution < -0.4 is 9.88 Å². The summed E-state index contributed by atoms with van der Waals surface area (Å²) < 4.78 is 29.9. The molecule has 4 aromatic rings. The molecule has 4 aromatic heterocycles. The molecule has 0 fully saturated rings. The molecule has 12 heteroatoms. The van der Waals surface area contributed by atoms with E-state index < -0.39 is 10.0 Å². The molecule has 2 N–H and O–H groups in total. The van der Waals surface area contributed by atoms with Crippen LogP contribution in [0.15, 0.2) is 23.4 Å². The van der Waals surface area contributed by atoms with E-state index >= 15 is 0 Å². The largest absolute Gasteiger partial charge is 0.480 e. The van der Waals surface area contributed by atoms with Gasteiger partial charge in [-0.25, -0.2) is 33.5 Å². The fourth-order valence-corrected chi connectivity index (χ4v) is 3.70. The van der Waals surface area contributed by atoms with Gasteiger partial charge >= 0.3 is 0 Å². The summed E-state index contributed by atoms with van der Waals surface area (Å²) in [4.78, 5) is 21.6. The molecule has 0 aliphatic rings. The maximum absolute atomic E-state index is 11.4. The highest BCUT2D eigenvalue weighted by molar-refractivity contribution is 7.89. The minimum Gasteiger partial charge on any atom is -0.480 e. The van der Waals surface area contributed by atoms with Crippen LogP contribution in [0.1, 0.15) is 17.3 Å². The van der Waals surface area contributed by atoms with Crippen LogP contribution in [-0.4, -0.2) is 45.0 Å². The quantitative estimate of drug-likeness (QED) is 0.513. The monoisotopic (exact) mass is 433 g/mol. The summed E-state index contributed by atoms with van der Waals surface area (Å²) in [5.74, 6) is 1.40. The van der Waals surface area contributed by atoms with E-state index in [1.807, 2.05) is 18.4 Å². The van der Waals surface area contributed by atoms with Crippen LogP contribution in [0.3, 0.4) is 0 Å². The summed E-state index contributed by atoms with van der Waals surface area (Å²) in [6, 6.07) is 1.74. The van der Waals surface area contributed by atoms with Gasteiger partial charge in [0.2, 0.25) is 15.9 Å². The first-order chi connectivity index (χ1) is 13.7. The van der Waals surface area contributed by atoms with E-state index in [4.69, 9.17) is 21.5 Å². The summed E-state index contributed by atoms with van der Waals surface area (Å²) in [5.41, 5.74) is 2.67. The first kappa shape index (κ1) is 19.4. The number of aryl methyl sites for hydroxylation is 2. The van der Waals surface area contributed by atoms with Crippen molar-refractivity contribution in [2.24, 2.45) is 5.14 Å². The van der Waals surface area contributed by atoms with Crippen LogP contribution in [0, 0.1) is 13.8 Å². The third-order valence-electron chi connectivity index (χ3n) is 4.46. The number of aromatic nitrogens is 6. The molecule has 0 bridgehead atoms. The Bertz CT molecular complexity index is 1370. The van der Waals surface area contributed by atoms with Crippen LogP contribution >= 0.6 is 11.6 Å². The van der Waals surface area contributed by atoms with Gasteiger partial charge in [0.15, 0.2) is 5.65 Å². The number of ether oxygens (including phenoxy) is 1. The van der Waals surface area contributed by atoms with Gasteiger partial charge in [0.05, 0.1) is 37.3 Å². The van der Waals surface area contributed by atoms with Crippen molar-refractivity contribution in [2.45, 2.75) is 25.3 Å². The lowest BCUT2D eigenvalue weighted by Gasteiger charge is -2.10. The first-order valence-corrected chi connectivity index (χ1v) is 10.3. The van der Waals surface area contributed by atoms with Gasteiger partial charge in [0, 0.05) is 5.39 Å². The Morgan fingerprint density at radius 3 is 2.48 bits per heavy atom. The van der Waals surface area contributed by atoms with Crippen molar-refractivity contribution in [1.29, 1.82) is 0 Å². The smallest absolute Gasteiger partial charge is 0.241 e. The van der Waals surface area contributed by atoms with E-state index in [1.54, 1.807) is 6.07 Å². The average molecular weight is 434 g/mol. The maximum Gasteiger partial charge on any atom is 0.241 e. The van der Waals surface area contributed by atoms with Gasteiger partial charge in [0.1, 0.15) is 27.1 Å². The number of rotatable bonds is 4. The zero-order chi connectivity index (χ0) is 20.9. The fourth-order valence-electron chi connectivity index (χ4n) is 3.07. The number of primary sulfonamides is 1. The lowest BCUT2D eigenvalue weighted by Crippen LogP contribution is -2.14. The Morgan fingerprint density at radius 1 is 1.17 bits per heavy atom. The topological polar surface area (TPSA) is 139 Å². The van der Waals surface area contributed by atoms with Gasteiger partial charge in [0.25, 0.3) is 0 Å². The molecule has 29 heavy (non-hydrogen) atoms. The highest BCUT2D eigenvalue weighted by atomic mass is 35.5. The standard InChI is InChI=1S/C17H16ClN7O3S/c1-8-14-15(11-4-12(18)17(28-3)24-16(11)22-8)25(9(2)23-14)7-13-20-5-10(6-21-13)29(19,26)27/h4-6H,7H2,1-3H3,(H2,19,26,27). The zero-order valence-corrected chi connectivity index (χ0v) is 17.3. The van der Waals surface area contributed by atoms with E-state index in [0.717, 1.165) is 5.52 Å². The van der Waals surface area contributed by atoms with Crippen molar-refractivity contribution in [3.63, 3.8) is 0 Å². The Hall–Kier alpha value is -2.89. The van der Waals surface area contributed by atoms with Crippen molar-refractivity contribution < 1.29 is 13.2 Å². The SMILES string of the molecule is COc1nc2nc(C)c3nc(C)n(Cc4ncc(S(N)(=O)=O)cn4)c3c2cc1Cl. The van der Waals surface area contributed by atoms with Crippen LogP contribution in [0.5, 0.6) is 5.88 Å². The molecule has 10 nitrogen and oxygen atoms in total. The first-order valence-electron chi connectivity index (χ1n) is 8.40. The molecule has 0 saturated carbocycles. The van der Waals surface area contributed by atoms with E-state index in [1.165, 1.54) is 19.5 Å². The van der Waals surface area contributed by atoms with Gasteiger partial charge in [-0.2, -0.15) is 4.98 Å². The van der Waals surface area contributed by atoms with Gasteiger partial charge in [-0.05, 0) is 19.9 Å². The minimum absolute atomic E-state index is 0.151. The van der Waals surface area contributed by atoms with E-state index in [9.17, 15) is 8.42 Å². The molecular formula is C17H16ClN7O3S. The molecule has 0 aromatic carbocycles. The minimum atomic E-state index is -3.86. The molecule has 150 valence electrons. The normalized spacial score (nSPS) is 12.0. The summed E-state index contributed by atoms with van der Waals surface area (Å²) in [5, 5.41) is 6.16. The van der Waals surface area contributed by atoms with Crippen LogP contribution in [-0.2, 0) is 16.6 Å². The lowest BCUT2D eigenvalue weighted by atomic mass is 10.2. The highest BCUT2D eigenvalue weighted by Gasteiger charge is 2.19. The van der Waals surface area contributed by atoms with E-state index in [-0.39, 0.29) is 17.3 Å². The number of pyridine rings is 2. The zero-order valence-electron chi connectivity index (χ0n) is 15.7. The molecule has 0 spiro atoms. The third-order valence-corrected chi connectivity index (χ3v) is 5.60. The van der Waals surface area contributed by atoms with Crippen molar-refractivity contribution in [1.82, 2.24) is 29.5 Å². The average Bonchev–Trinajstić information content (AvgIpc) is 2.99. The summed E-state index contributed by atoms with van der Waals surface area (Å²) >= 11 is 6.28. The van der Waals surface area contributed by atoms with Crippen molar-refractivity contribution >= 4 is 43.7 Å². The number of nitrogens with two attached hydrogens (primary N) is 1. The Labute approximate surface area is 170 Å². The Balaban J connectivity index is 1.91. The van der Waals surface area contributed by atoms with Gasteiger partial charge in [-0.3, -0.25) is 0 Å². The third kappa shape index (κ3) is 3.37. The number of hydrogen-bond donors (Lipinski definition) is 1. The lowest BCUT2D eigenvalue weighted by molar-refractivity contribution is 0.399. The predicted octanol–water partition coefficient (Wildman–Crippen LogP) is 1.74. The summed E-state index contributed by atoms with van der Waals surface area (Å²) in [7, 11) is -2.37. The highest BCUT2D eigenvalue weighted by Crippen LogP contribution is 2.32. The number of sulfonamides is 1.